The van der Waals surface area contributed by atoms with Gasteiger partial charge in [0.25, 0.3) is 0 Å². The molecule has 1 aromatic heterocycles. The molecule has 6 nitrogen and oxygen atoms in total. The van der Waals surface area contributed by atoms with Gasteiger partial charge in [0.2, 0.25) is 9.84 Å². The van der Waals surface area contributed by atoms with E-state index in [4.69, 9.17) is 10.5 Å². The van der Waals surface area contributed by atoms with E-state index < -0.39 is 9.84 Å². The van der Waals surface area contributed by atoms with E-state index >= 15 is 0 Å². The average molecular weight is 367 g/mol. The first kappa shape index (κ1) is 16.6. The van der Waals surface area contributed by atoms with E-state index in [0.29, 0.717) is 28.6 Å². The SMILES string of the molecule is NCCOc1cccc2n[nH]c(S(=O)(=O)c3cccc4ccccc34)c12. The summed E-state index contributed by atoms with van der Waals surface area (Å²) in [6.45, 7) is 0.623. The molecule has 1 heterocycles. The van der Waals surface area contributed by atoms with Crippen molar-refractivity contribution in [3.05, 3.63) is 60.7 Å². The van der Waals surface area contributed by atoms with Crippen LogP contribution >= 0.6 is 0 Å². The van der Waals surface area contributed by atoms with Gasteiger partial charge in [0.15, 0.2) is 5.03 Å². The van der Waals surface area contributed by atoms with E-state index in [1.165, 1.54) is 0 Å². The number of aromatic nitrogens is 2. The monoisotopic (exact) mass is 367 g/mol. The Hall–Kier alpha value is -2.90. The van der Waals surface area contributed by atoms with Crippen LogP contribution in [0.4, 0.5) is 0 Å². The highest BCUT2D eigenvalue weighted by Crippen LogP contribution is 2.35. The second-order valence-electron chi connectivity index (χ2n) is 5.82. The maximum absolute atomic E-state index is 13.4. The van der Waals surface area contributed by atoms with Crippen LogP contribution in [0.15, 0.2) is 70.6 Å². The van der Waals surface area contributed by atoms with Crippen LogP contribution < -0.4 is 10.5 Å². The minimum atomic E-state index is -3.83. The molecular formula is C19H17N3O3S. The lowest BCUT2D eigenvalue weighted by molar-refractivity contribution is 0.332. The molecule has 0 spiro atoms. The summed E-state index contributed by atoms with van der Waals surface area (Å²) in [6.07, 6.45) is 0. The number of rotatable bonds is 5. The van der Waals surface area contributed by atoms with E-state index in [2.05, 4.69) is 10.2 Å². The maximum atomic E-state index is 13.4. The molecule has 0 aliphatic carbocycles. The van der Waals surface area contributed by atoms with Gasteiger partial charge in [-0.2, -0.15) is 5.10 Å². The van der Waals surface area contributed by atoms with Gasteiger partial charge < -0.3 is 10.5 Å². The molecule has 0 fully saturated rings. The van der Waals surface area contributed by atoms with E-state index in [-0.39, 0.29) is 16.5 Å². The molecule has 7 heteroatoms. The van der Waals surface area contributed by atoms with Crippen LogP contribution in [0.5, 0.6) is 5.75 Å². The zero-order chi connectivity index (χ0) is 18.1. The minimum absolute atomic E-state index is 0.0245. The van der Waals surface area contributed by atoms with Gasteiger partial charge in [0, 0.05) is 11.9 Å². The van der Waals surface area contributed by atoms with Crippen LogP contribution in [-0.2, 0) is 9.84 Å². The zero-order valence-corrected chi connectivity index (χ0v) is 14.7. The van der Waals surface area contributed by atoms with Gasteiger partial charge in [0.1, 0.15) is 12.4 Å². The molecule has 26 heavy (non-hydrogen) atoms. The number of nitrogens with two attached hydrogens (primary N) is 1. The number of nitrogens with one attached hydrogen (secondary N) is 1. The molecule has 0 radical (unpaired) electrons. The number of nitrogens with zero attached hydrogens (tertiary/aromatic N) is 1. The molecule has 132 valence electrons. The number of sulfone groups is 1. The summed E-state index contributed by atoms with van der Waals surface area (Å²) in [5, 5.41) is 8.82. The molecule has 3 aromatic carbocycles. The first-order valence-electron chi connectivity index (χ1n) is 8.16. The number of hydrogen-bond donors (Lipinski definition) is 2. The zero-order valence-electron chi connectivity index (χ0n) is 13.8. The minimum Gasteiger partial charge on any atom is -0.491 e. The summed E-state index contributed by atoms with van der Waals surface area (Å²) >= 11 is 0. The van der Waals surface area contributed by atoms with Gasteiger partial charge in [-0.25, -0.2) is 8.42 Å². The molecular weight excluding hydrogens is 350 g/mol. The van der Waals surface area contributed by atoms with Crippen molar-refractivity contribution in [2.45, 2.75) is 9.92 Å². The standard InChI is InChI=1S/C19H17N3O3S/c20-11-12-25-16-9-4-8-15-18(16)19(22-21-15)26(23,24)17-10-3-6-13-5-1-2-7-14(13)17/h1-10H,11-12,20H2,(H,21,22). The van der Waals surface area contributed by atoms with Crippen molar-refractivity contribution in [2.75, 3.05) is 13.2 Å². The quantitative estimate of drug-likeness (QED) is 0.565. The van der Waals surface area contributed by atoms with Crippen LogP contribution in [0.2, 0.25) is 0 Å². The second-order valence-corrected chi connectivity index (χ2v) is 7.68. The van der Waals surface area contributed by atoms with Crippen molar-refractivity contribution < 1.29 is 13.2 Å². The summed E-state index contributed by atoms with van der Waals surface area (Å²) in [7, 11) is -3.83. The van der Waals surface area contributed by atoms with Crippen LogP contribution in [0, 0.1) is 0 Å². The first-order valence-corrected chi connectivity index (χ1v) is 9.64. The molecule has 0 unspecified atom stereocenters. The predicted octanol–water partition coefficient (Wildman–Crippen LogP) is 2.89. The summed E-state index contributed by atoms with van der Waals surface area (Å²) in [4.78, 5) is 0.231. The Morgan fingerprint density at radius 3 is 2.62 bits per heavy atom. The lowest BCUT2D eigenvalue weighted by atomic mass is 10.1. The Kier molecular flexibility index (Phi) is 4.10. The fourth-order valence-electron chi connectivity index (χ4n) is 3.03. The van der Waals surface area contributed by atoms with Crippen LogP contribution in [-0.4, -0.2) is 31.8 Å². The van der Waals surface area contributed by atoms with Crippen molar-refractivity contribution in [1.82, 2.24) is 10.2 Å². The Morgan fingerprint density at radius 1 is 1.00 bits per heavy atom. The van der Waals surface area contributed by atoms with Gasteiger partial charge in [-0.1, -0.05) is 42.5 Å². The van der Waals surface area contributed by atoms with Gasteiger partial charge >= 0.3 is 0 Å². The number of benzene rings is 3. The van der Waals surface area contributed by atoms with Crippen molar-refractivity contribution in [3.8, 4) is 5.75 Å². The van der Waals surface area contributed by atoms with E-state index in [1.54, 1.807) is 36.4 Å². The number of ether oxygens (including phenoxy) is 1. The molecule has 3 N–H and O–H groups in total. The fraction of sp³-hybridized carbons (Fsp3) is 0.105. The number of aromatic amines is 1. The Morgan fingerprint density at radius 2 is 1.77 bits per heavy atom. The number of H-pyrrole nitrogens is 1. The number of hydrogen-bond acceptors (Lipinski definition) is 5. The van der Waals surface area contributed by atoms with Crippen molar-refractivity contribution in [2.24, 2.45) is 5.73 Å². The summed E-state index contributed by atoms with van der Waals surface area (Å²) in [6, 6.07) is 17.8. The normalized spacial score (nSPS) is 11.9. The van der Waals surface area contributed by atoms with Crippen LogP contribution in [0.3, 0.4) is 0 Å². The summed E-state index contributed by atoms with van der Waals surface area (Å²) in [5.41, 5.74) is 6.03. The van der Waals surface area contributed by atoms with Crippen molar-refractivity contribution >= 4 is 31.5 Å². The smallest absolute Gasteiger partial charge is 0.224 e. The van der Waals surface area contributed by atoms with Crippen LogP contribution in [0.25, 0.3) is 21.7 Å². The van der Waals surface area contributed by atoms with Crippen molar-refractivity contribution in [1.29, 1.82) is 0 Å². The third-order valence-electron chi connectivity index (χ3n) is 4.19. The molecule has 0 amide bonds. The van der Waals surface area contributed by atoms with Crippen LogP contribution in [0.1, 0.15) is 0 Å². The highest BCUT2D eigenvalue weighted by Gasteiger charge is 2.26. The van der Waals surface area contributed by atoms with Gasteiger partial charge in [-0.05, 0) is 23.6 Å². The molecule has 4 rings (SSSR count). The molecule has 0 saturated heterocycles. The molecule has 0 bridgehead atoms. The lowest BCUT2D eigenvalue weighted by Crippen LogP contribution is -2.11. The van der Waals surface area contributed by atoms with E-state index in [9.17, 15) is 8.42 Å². The molecule has 0 aliphatic heterocycles. The van der Waals surface area contributed by atoms with E-state index in [0.717, 1.165) is 5.39 Å². The predicted molar refractivity (Wildman–Crippen MR) is 100 cm³/mol. The Balaban J connectivity index is 1.97. The summed E-state index contributed by atoms with van der Waals surface area (Å²) < 4.78 is 32.4. The van der Waals surface area contributed by atoms with Gasteiger partial charge in [0.05, 0.1) is 15.8 Å². The molecule has 0 aliphatic rings. The summed E-state index contributed by atoms with van der Waals surface area (Å²) in [5.74, 6) is 0.445. The van der Waals surface area contributed by atoms with E-state index in [1.807, 2.05) is 24.3 Å². The topological polar surface area (TPSA) is 98.1 Å². The Labute approximate surface area is 150 Å². The molecule has 0 atom stereocenters. The van der Waals surface area contributed by atoms with Gasteiger partial charge in [-0.3, -0.25) is 5.10 Å². The second kappa shape index (κ2) is 6.44. The largest absolute Gasteiger partial charge is 0.491 e. The fourth-order valence-corrected chi connectivity index (χ4v) is 4.62. The Bertz CT molecular complexity index is 1190. The highest BCUT2D eigenvalue weighted by atomic mass is 32.2. The lowest BCUT2D eigenvalue weighted by Gasteiger charge is -2.09. The third kappa shape index (κ3) is 2.61. The molecule has 4 aromatic rings. The average Bonchev–Trinajstić information content (AvgIpc) is 3.11. The number of fused-ring (bicyclic) bond motifs is 2. The maximum Gasteiger partial charge on any atom is 0.224 e. The molecule has 0 saturated carbocycles. The van der Waals surface area contributed by atoms with Gasteiger partial charge in [-0.15, -0.1) is 0 Å². The first-order chi connectivity index (χ1) is 12.6. The van der Waals surface area contributed by atoms with Crippen molar-refractivity contribution in [3.63, 3.8) is 0 Å². The highest BCUT2D eigenvalue weighted by molar-refractivity contribution is 7.91. The third-order valence-corrected chi connectivity index (χ3v) is 5.96.